The molecule has 2 atom stereocenters. The molecule has 0 spiro atoms. The van der Waals surface area contributed by atoms with Crippen LogP contribution in [0.3, 0.4) is 0 Å². The number of aryl methyl sites for hydroxylation is 1. The molecule has 8 nitrogen and oxygen atoms in total. The quantitative estimate of drug-likeness (QED) is 0.511. The summed E-state index contributed by atoms with van der Waals surface area (Å²) in [5.41, 5.74) is 3.79. The molecule has 0 unspecified atom stereocenters. The molecule has 2 fully saturated rings. The maximum Gasteiger partial charge on any atom is 0.334 e. The van der Waals surface area contributed by atoms with Gasteiger partial charge in [0.2, 0.25) is 11.8 Å². The van der Waals surface area contributed by atoms with Crippen LogP contribution in [0.4, 0.5) is 4.79 Å². The summed E-state index contributed by atoms with van der Waals surface area (Å²) in [4.78, 5) is 44.3. The largest absolute Gasteiger partial charge is 0.334 e. The third kappa shape index (κ3) is 5.77. The number of halogens is 1. The number of hydrogen-bond donors (Lipinski definition) is 1. The Bertz CT molecular complexity index is 1350. The van der Waals surface area contributed by atoms with Gasteiger partial charge >= 0.3 is 6.03 Å². The minimum Gasteiger partial charge on any atom is -0.333 e. The molecule has 2 aliphatic heterocycles. The maximum atomic E-state index is 13.9. The van der Waals surface area contributed by atoms with Gasteiger partial charge in [-0.1, -0.05) is 84.4 Å². The van der Waals surface area contributed by atoms with E-state index in [2.05, 4.69) is 5.32 Å². The lowest BCUT2D eigenvalue weighted by molar-refractivity contribution is -0.187. The zero-order valence-corrected chi connectivity index (χ0v) is 22.8. The monoisotopic (exact) mass is 545 g/mol. The topological polar surface area (TPSA) is 76.2 Å². The summed E-state index contributed by atoms with van der Waals surface area (Å²) in [6.45, 7) is 2.83. The van der Waals surface area contributed by atoms with Crippen molar-refractivity contribution in [2.24, 2.45) is 0 Å². The van der Waals surface area contributed by atoms with Crippen molar-refractivity contribution in [3.63, 3.8) is 0 Å². The van der Waals surface area contributed by atoms with E-state index in [1.807, 2.05) is 85.8 Å². The smallest absolute Gasteiger partial charge is 0.333 e. The Balaban J connectivity index is 1.46. The van der Waals surface area contributed by atoms with Crippen LogP contribution >= 0.6 is 11.6 Å². The van der Waals surface area contributed by atoms with Crippen molar-refractivity contribution in [2.75, 3.05) is 20.1 Å². The summed E-state index contributed by atoms with van der Waals surface area (Å²) in [6.07, 6.45) is -0.284. The predicted octanol–water partition coefficient (Wildman–Crippen LogP) is 3.83. The number of rotatable bonds is 6. The zero-order chi connectivity index (χ0) is 27.5. The van der Waals surface area contributed by atoms with Crippen molar-refractivity contribution >= 4 is 29.4 Å². The minimum absolute atomic E-state index is 0.00417. The molecule has 39 heavy (non-hydrogen) atoms. The van der Waals surface area contributed by atoms with Crippen LogP contribution in [0.15, 0.2) is 78.9 Å². The van der Waals surface area contributed by atoms with E-state index in [1.165, 1.54) is 0 Å². The van der Waals surface area contributed by atoms with Crippen LogP contribution in [0.2, 0.25) is 5.02 Å². The SMILES string of the molecule is Cc1cc(CN2C[C@H]3N(C(=O)CN(C)N3C(=O)NCc3ccccc3)[C@@H](Cc3ccccc3)C2=O)ccc1Cl. The van der Waals surface area contributed by atoms with Crippen LogP contribution in [-0.4, -0.2) is 70.0 Å². The second-order valence-corrected chi connectivity index (χ2v) is 10.5. The molecule has 2 saturated heterocycles. The van der Waals surface area contributed by atoms with E-state index in [0.717, 1.165) is 22.3 Å². The van der Waals surface area contributed by atoms with Crippen LogP contribution < -0.4 is 5.32 Å². The molecular formula is C30H32ClN5O3. The summed E-state index contributed by atoms with van der Waals surface area (Å²) in [5, 5.41) is 6.88. The van der Waals surface area contributed by atoms with E-state index in [9.17, 15) is 14.4 Å². The van der Waals surface area contributed by atoms with Crippen molar-refractivity contribution in [1.82, 2.24) is 25.1 Å². The van der Waals surface area contributed by atoms with E-state index < -0.39 is 12.2 Å². The summed E-state index contributed by atoms with van der Waals surface area (Å²) in [5.74, 6) is -0.309. The molecule has 0 aromatic heterocycles. The molecule has 9 heteroatoms. The number of nitrogens with zero attached hydrogens (tertiary/aromatic N) is 4. The number of fused-ring (bicyclic) bond motifs is 1. The number of nitrogens with one attached hydrogen (secondary N) is 1. The molecule has 2 aliphatic rings. The normalized spacial score (nSPS) is 19.7. The van der Waals surface area contributed by atoms with Crippen LogP contribution in [0.5, 0.6) is 0 Å². The highest BCUT2D eigenvalue weighted by Gasteiger charge is 2.50. The molecule has 0 radical (unpaired) electrons. The number of hydrogen-bond acceptors (Lipinski definition) is 4. The fraction of sp³-hybridized carbons (Fsp3) is 0.300. The first-order valence-corrected chi connectivity index (χ1v) is 13.4. The number of likely N-dealkylation sites (N-methyl/N-ethyl adjacent to an activating group) is 1. The predicted molar refractivity (Wildman–Crippen MR) is 149 cm³/mol. The van der Waals surface area contributed by atoms with Gasteiger partial charge in [-0.3, -0.25) is 9.59 Å². The third-order valence-corrected chi connectivity index (χ3v) is 7.73. The molecule has 1 N–H and O–H groups in total. The molecule has 0 bridgehead atoms. The van der Waals surface area contributed by atoms with Gasteiger partial charge in [0.25, 0.3) is 0 Å². The number of carbonyl (C=O) groups excluding carboxylic acids is 3. The molecule has 3 aromatic carbocycles. The lowest BCUT2D eigenvalue weighted by Crippen LogP contribution is -2.76. The Morgan fingerprint density at radius 1 is 0.949 bits per heavy atom. The minimum atomic E-state index is -0.731. The maximum absolute atomic E-state index is 13.9. The lowest BCUT2D eigenvalue weighted by atomic mass is 9.98. The van der Waals surface area contributed by atoms with E-state index >= 15 is 0 Å². The highest BCUT2D eigenvalue weighted by molar-refractivity contribution is 6.31. The van der Waals surface area contributed by atoms with Gasteiger partial charge < -0.3 is 15.1 Å². The Hall–Kier alpha value is -3.88. The van der Waals surface area contributed by atoms with E-state index in [1.54, 1.807) is 26.9 Å². The molecule has 3 aromatic rings. The van der Waals surface area contributed by atoms with Crippen molar-refractivity contribution in [1.29, 1.82) is 0 Å². The number of urea groups is 1. The first-order chi connectivity index (χ1) is 18.8. The zero-order valence-electron chi connectivity index (χ0n) is 22.1. The first kappa shape index (κ1) is 26.7. The summed E-state index contributed by atoms with van der Waals surface area (Å²) in [6, 6.07) is 24.0. The average molecular weight is 546 g/mol. The first-order valence-electron chi connectivity index (χ1n) is 13.0. The van der Waals surface area contributed by atoms with Crippen LogP contribution in [0.1, 0.15) is 22.3 Å². The van der Waals surface area contributed by atoms with E-state index in [4.69, 9.17) is 11.6 Å². The fourth-order valence-corrected chi connectivity index (χ4v) is 5.48. The van der Waals surface area contributed by atoms with Gasteiger partial charge in [-0.15, -0.1) is 0 Å². The van der Waals surface area contributed by atoms with E-state index in [0.29, 0.717) is 24.5 Å². The van der Waals surface area contributed by atoms with Gasteiger partial charge in [0.1, 0.15) is 12.2 Å². The second kappa shape index (κ2) is 11.5. The van der Waals surface area contributed by atoms with Crippen molar-refractivity contribution in [3.8, 4) is 0 Å². The third-order valence-electron chi connectivity index (χ3n) is 7.30. The van der Waals surface area contributed by atoms with Gasteiger partial charge in [0, 0.05) is 31.6 Å². The molecule has 202 valence electrons. The summed E-state index contributed by atoms with van der Waals surface area (Å²) in [7, 11) is 1.73. The number of hydrazine groups is 1. The number of benzene rings is 3. The van der Waals surface area contributed by atoms with Crippen LogP contribution in [0, 0.1) is 6.92 Å². The highest BCUT2D eigenvalue weighted by Crippen LogP contribution is 2.29. The number of amides is 4. The Labute approximate surface area is 233 Å². The number of piperazine rings is 1. The van der Waals surface area contributed by atoms with Gasteiger partial charge in [0.05, 0.1) is 13.1 Å². The van der Waals surface area contributed by atoms with Gasteiger partial charge in [-0.2, -0.15) is 0 Å². The average Bonchev–Trinajstić information content (AvgIpc) is 2.93. The lowest BCUT2D eigenvalue weighted by Gasteiger charge is -2.54. The van der Waals surface area contributed by atoms with Crippen LogP contribution in [-0.2, 0) is 29.1 Å². The molecule has 2 heterocycles. The highest BCUT2D eigenvalue weighted by atomic mass is 35.5. The standard InChI is InChI=1S/C30H32ClN5O3/c1-21-15-24(13-14-25(21)31)18-34-19-27-35(26(29(34)38)16-22-9-5-3-6-10-22)28(37)20-33(2)36(27)30(39)32-17-23-11-7-4-8-12-23/h3-15,26-27H,16-20H2,1-2H3,(H,32,39)/t26-,27-/m0/s1. The van der Waals surface area contributed by atoms with Gasteiger partial charge in [0.15, 0.2) is 0 Å². The van der Waals surface area contributed by atoms with Crippen molar-refractivity contribution in [3.05, 3.63) is 106 Å². The molecular weight excluding hydrogens is 514 g/mol. The Morgan fingerprint density at radius 3 is 2.28 bits per heavy atom. The summed E-state index contributed by atoms with van der Waals surface area (Å²) >= 11 is 6.24. The Kier molecular flexibility index (Phi) is 7.86. The second-order valence-electron chi connectivity index (χ2n) is 10.1. The molecule has 4 amide bonds. The van der Waals surface area contributed by atoms with Crippen molar-refractivity contribution < 1.29 is 14.4 Å². The van der Waals surface area contributed by atoms with Crippen molar-refractivity contribution in [2.45, 2.75) is 38.6 Å². The molecule has 0 aliphatic carbocycles. The van der Waals surface area contributed by atoms with Gasteiger partial charge in [-0.25, -0.2) is 14.8 Å². The summed E-state index contributed by atoms with van der Waals surface area (Å²) < 4.78 is 0. The molecule has 0 saturated carbocycles. The molecule has 5 rings (SSSR count). The van der Waals surface area contributed by atoms with E-state index in [-0.39, 0.29) is 30.9 Å². The van der Waals surface area contributed by atoms with Gasteiger partial charge in [-0.05, 0) is 35.2 Å². The number of carbonyl (C=O) groups is 3. The fourth-order valence-electron chi connectivity index (χ4n) is 5.36. The van der Waals surface area contributed by atoms with Crippen LogP contribution in [0.25, 0.3) is 0 Å². The Morgan fingerprint density at radius 2 is 1.62 bits per heavy atom.